The van der Waals surface area contributed by atoms with Crippen LogP contribution >= 0.6 is 21.6 Å². The summed E-state index contributed by atoms with van der Waals surface area (Å²) >= 11 is 0. The fraction of sp³-hybridized carbons (Fsp3) is 1.00. The van der Waals surface area contributed by atoms with Gasteiger partial charge in [0.05, 0.1) is 0 Å². The molecule has 0 saturated heterocycles. The van der Waals surface area contributed by atoms with E-state index in [2.05, 4.69) is 20.1 Å². The lowest BCUT2D eigenvalue weighted by Gasteiger charge is -2.05. The smallest absolute Gasteiger partial charge is 0.0123 e. The lowest BCUT2D eigenvalue weighted by molar-refractivity contribution is 0.715. The number of hydrogen-bond donors (Lipinski definition) is 0. The molecule has 56 valence electrons. The average Bonchev–Trinajstić information content (AvgIpc) is 1.85. The maximum Gasteiger partial charge on any atom is 0.0123 e. The maximum absolute atomic E-state index is 2.30. The van der Waals surface area contributed by atoms with Crippen LogP contribution in [0.3, 0.4) is 0 Å². The second-order valence-electron chi connectivity index (χ2n) is 2.22. The summed E-state index contributed by atoms with van der Waals surface area (Å²) in [6, 6.07) is 0. The van der Waals surface area contributed by atoms with E-state index >= 15 is 0 Å². The molecule has 0 N–H and O–H groups in total. The number of unbranched alkanes of at least 4 members (excludes halogenated alkanes) is 1. The molecule has 2 heteroatoms. The normalized spacial score (nSPS) is 13.7. The van der Waals surface area contributed by atoms with Gasteiger partial charge in [-0.05, 0) is 12.7 Å². The van der Waals surface area contributed by atoms with Gasteiger partial charge in [0.25, 0.3) is 0 Å². The van der Waals surface area contributed by atoms with E-state index < -0.39 is 0 Å². The first-order valence-corrected chi connectivity index (χ1v) is 6.12. The minimum absolute atomic E-state index is 0.847. The first kappa shape index (κ1) is 9.70. The topological polar surface area (TPSA) is 0 Å². The van der Waals surface area contributed by atoms with Crippen LogP contribution in [0, 0.1) is 0 Å². The Balaban J connectivity index is 2.95. The molecule has 1 unspecified atom stereocenters. The van der Waals surface area contributed by atoms with Crippen molar-refractivity contribution in [3.8, 4) is 0 Å². The fourth-order valence-corrected chi connectivity index (χ4v) is 2.57. The summed E-state index contributed by atoms with van der Waals surface area (Å²) in [6.07, 6.45) is 6.24. The third-order valence-corrected chi connectivity index (χ3v) is 3.54. The molecular formula is C7H16S2. The fourth-order valence-electron chi connectivity index (χ4n) is 0.704. The Morgan fingerprint density at radius 2 is 2.11 bits per heavy atom. The van der Waals surface area contributed by atoms with E-state index in [9.17, 15) is 0 Å². The molecule has 9 heavy (non-hydrogen) atoms. The second-order valence-corrected chi connectivity index (χ2v) is 5.12. The van der Waals surface area contributed by atoms with E-state index in [-0.39, 0.29) is 0 Å². The van der Waals surface area contributed by atoms with Gasteiger partial charge in [0, 0.05) is 5.25 Å². The minimum Gasteiger partial charge on any atom is -0.0973 e. The van der Waals surface area contributed by atoms with Crippen molar-refractivity contribution in [1.29, 1.82) is 0 Å². The zero-order valence-corrected chi connectivity index (χ0v) is 8.15. The van der Waals surface area contributed by atoms with Gasteiger partial charge in [-0.1, -0.05) is 48.3 Å². The van der Waals surface area contributed by atoms with E-state index in [0.29, 0.717) is 0 Å². The van der Waals surface area contributed by atoms with Gasteiger partial charge in [-0.25, -0.2) is 0 Å². The van der Waals surface area contributed by atoms with Crippen molar-refractivity contribution >= 4 is 21.6 Å². The molecule has 0 heterocycles. The predicted octanol–water partition coefficient (Wildman–Crippen LogP) is 3.58. The number of rotatable bonds is 5. The van der Waals surface area contributed by atoms with Crippen molar-refractivity contribution in [3.05, 3.63) is 0 Å². The minimum atomic E-state index is 0.847. The molecule has 0 amide bonds. The molecule has 1 atom stereocenters. The van der Waals surface area contributed by atoms with E-state index in [4.69, 9.17) is 0 Å². The van der Waals surface area contributed by atoms with Crippen molar-refractivity contribution in [1.82, 2.24) is 0 Å². The monoisotopic (exact) mass is 164 g/mol. The van der Waals surface area contributed by atoms with Crippen LogP contribution in [0.1, 0.15) is 33.1 Å². The van der Waals surface area contributed by atoms with Crippen LogP contribution in [0.15, 0.2) is 0 Å². The predicted molar refractivity (Wildman–Crippen MR) is 50.1 cm³/mol. The Kier molecular flexibility index (Phi) is 7.34. The Morgan fingerprint density at radius 3 is 2.56 bits per heavy atom. The van der Waals surface area contributed by atoms with Gasteiger partial charge in [0.15, 0.2) is 0 Å². The van der Waals surface area contributed by atoms with Crippen molar-refractivity contribution in [2.24, 2.45) is 0 Å². The maximum atomic E-state index is 2.30. The molecule has 0 fully saturated rings. The van der Waals surface area contributed by atoms with E-state index in [1.54, 1.807) is 0 Å². The third kappa shape index (κ3) is 6.59. The molecule has 0 nitrogen and oxygen atoms in total. The van der Waals surface area contributed by atoms with Crippen molar-refractivity contribution in [2.45, 2.75) is 38.4 Å². The molecule has 0 aliphatic rings. The van der Waals surface area contributed by atoms with Crippen LogP contribution in [0.2, 0.25) is 0 Å². The van der Waals surface area contributed by atoms with E-state index in [1.807, 2.05) is 21.6 Å². The van der Waals surface area contributed by atoms with Gasteiger partial charge in [-0.2, -0.15) is 0 Å². The van der Waals surface area contributed by atoms with Gasteiger partial charge in [0.1, 0.15) is 0 Å². The summed E-state index contributed by atoms with van der Waals surface area (Å²) < 4.78 is 0. The molecule has 0 rings (SSSR count). The summed E-state index contributed by atoms with van der Waals surface area (Å²) in [4.78, 5) is 0. The molecular weight excluding hydrogens is 148 g/mol. The molecule has 0 aromatic carbocycles. The standard InChI is InChI=1S/C7H16S2/c1-4-5-6-7(2)9-8-3/h7H,4-6H2,1-3H3. The van der Waals surface area contributed by atoms with Crippen molar-refractivity contribution < 1.29 is 0 Å². The molecule has 0 bridgehead atoms. The van der Waals surface area contributed by atoms with Crippen LogP contribution in [-0.2, 0) is 0 Å². The molecule has 0 aromatic rings. The quantitative estimate of drug-likeness (QED) is 0.570. The summed E-state index contributed by atoms with van der Waals surface area (Å²) in [7, 11) is 3.86. The third-order valence-electron chi connectivity index (χ3n) is 1.22. The Bertz CT molecular complexity index is 54.9. The van der Waals surface area contributed by atoms with Crippen LogP contribution in [0.4, 0.5) is 0 Å². The second kappa shape index (κ2) is 6.81. The van der Waals surface area contributed by atoms with E-state index in [0.717, 1.165) is 5.25 Å². The molecule has 0 saturated carbocycles. The first-order chi connectivity index (χ1) is 4.31. The molecule has 0 aromatic heterocycles. The highest BCUT2D eigenvalue weighted by Gasteiger charge is 1.98. The average molecular weight is 164 g/mol. The van der Waals surface area contributed by atoms with Crippen LogP contribution in [0.5, 0.6) is 0 Å². The van der Waals surface area contributed by atoms with Crippen molar-refractivity contribution in [3.63, 3.8) is 0 Å². The van der Waals surface area contributed by atoms with Crippen LogP contribution in [-0.4, -0.2) is 11.5 Å². The van der Waals surface area contributed by atoms with Crippen LogP contribution in [0.25, 0.3) is 0 Å². The summed E-state index contributed by atoms with van der Waals surface area (Å²) in [5.41, 5.74) is 0. The Hall–Kier alpha value is 0.700. The zero-order chi connectivity index (χ0) is 7.11. The van der Waals surface area contributed by atoms with Crippen molar-refractivity contribution in [2.75, 3.05) is 6.26 Å². The van der Waals surface area contributed by atoms with Crippen LogP contribution < -0.4 is 0 Å². The highest BCUT2D eigenvalue weighted by Crippen LogP contribution is 2.26. The molecule has 0 aliphatic carbocycles. The summed E-state index contributed by atoms with van der Waals surface area (Å²) in [5.74, 6) is 0. The molecule has 0 aliphatic heterocycles. The lowest BCUT2D eigenvalue weighted by Crippen LogP contribution is -1.91. The molecule has 0 radical (unpaired) electrons. The highest BCUT2D eigenvalue weighted by atomic mass is 33.1. The number of hydrogen-bond acceptors (Lipinski definition) is 2. The SMILES string of the molecule is CCCCC(C)SSC. The first-order valence-electron chi connectivity index (χ1n) is 3.50. The van der Waals surface area contributed by atoms with Gasteiger partial charge < -0.3 is 0 Å². The highest BCUT2D eigenvalue weighted by molar-refractivity contribution is 8.76. The van der Waals surface area contributed by atoms with E-state index in [1.165, 1.54) is 19.3 Å². The molecule has 0 spiro atoms. The Labute approximate surface area is 66.6 Å². The zero-order valence-electron chi connectivity index (χ0n) is 6.52. The Morgan fingerprint density at radius 1 is 1.44 bits per heavy atom. The largest absolute Gasteiger partial charge is 0.0973 e. The van der Waals surface area contributed by atoms with Gasteiger partial charge in [-0.15, -0.1) is 0 Å². The summed E-state index contributed by atoms with van der Waals surface area (Å²) in [5, 5.41) is 0.847. The van der Waals surface area contributed by atoms with Gasteiger partial charge in [-0.3, -0.25) is 0 Å². The lowest BCUT2D eigenvalue weighted by atomic mass is 10.2. The van der Waals surface area contributed by atoms with Gasteiger partial charge >= 0.3 is 0 Å². The summed E-state index contributed by atoms with van der Waals surface area (Å²) in [6.45, 7) is 4.55. The van der Waals surface area contributed by atoms with Gasteiger partial charge in [0.2, 0.25) is 0 Å².